The van der Waals surface area contributed by atoms with E-state index < -0.39 is 0 Å². The number of nitrogens with one attached hydrogen (secondary N) is 1. The van der Waals surface area contributed by atoms with Crippen molar-refractivity contribution >= 4 is 38.4 Å². The van der Waals surface area contributed by atoms with Gasteiger partial charge in [0.05, 0.1) is 29.2 Å². The first-order valence-electron chi connectivity index (χ1n) is 8.47. The number of thiophene rings is 1. The van der Waals surface area contributed by atoms with E-state index in [0.717, 1.165) is 15.6 Å². The topological polar surface area (TPSA) is 82.1 Å². The van der Waals surface area contributed by atoms with Gasteiger partial charge in [-0.25, -0.2) is 4.68 Å². The van der Waals surface area contributed by atoms with E-state index in [1.807, 2.05) is 11.5 Å². The number of amides is 1. The number of carbonyl (C=O) groups excluding carboxylic acids is 1. The van der Waals surface area contributed by atoms with Gasteiger partial charge in [-0.3, -0.25) is 9.59 Å². The van der Waals surface area contributed by atoms with E-state index in [9.17, 15) is 9.59 Å². The van der Waals surface area contributed by atoms with Crippen LogP contribution in [-0.4, -0.2) is 20.3 Å². The van der Waals surface area contributed by atoms with Crippen LogP contribution >= 0.6 is 11.3 Å². The van der Waals surface area contributed by atoms with E-state index in [1.165, 1.54) is 9.56 Å². The minimum Gasteiger partial charge on any atom is -0.467 e. The van der Waals surface area contributed by atoms with Crippen molar-refractivity contribution in [2.75, 3.05) is 0 Å². The molecule has 138 valence electrons. The predicted octanol–water partition coefficient (Wildman–Crippen LogP) is 2.82. The molecule has 0 unspecified atom stereocenters. The van der Waals surface area contributed by atoms with E-state index in [4.69, 9.17) is 4.42 Å². The van der Waals surface area contributed by atoms with Gasteiger partial charge in [-0.05, 0) is 25.1 Å². The van der Waals surface area contributed by atoms with E-state index in [1.54, 1.807) is 42.0 Å². The van der Waals surface area contributed by atoms with Crippen molar-refractivity contribution in [3.63, 3.8) is 0 Å². The second-order valence-electron chi connectivity index (χ2n) is 6.20. The Labute approximate surface area is 158 Å². The highest BCUT2D eigenvalue weighted by Gasteiger charge is 2.18. The Morgan fingerprint density at radius 2 is 2.33 bits per heavy atom. The smallest absolute Gasteiger partial charge is 0.291 e. The number of carbonyl (C=O) groups is 1. The van der Waals surface area contributed by atoms with Gasteiger partial charge in [-0.1, -0.05) is 6.08 Å². The summed E-state index contributed by atoms with van der Waals surface area (Å²) >= 11 is 1.63. The molecular formula is C19H18N4O3S. The summed E-state index contributed by atoms with van der Waals surface area (Å²) in [4.78, 5) is 26.4. The third kappa shape index (κ3) is 3.08. The van der Waals surface area contributed by atoms with Gasteiger partial charge in [-0.2, -0.15) is 5.10 Å². The summed E-state index contributed by atoms with van der Waals surface area (Å²) in [7, 11) is 0. The molecule has 27 heavy (non-hydrogen) atoms. The van der Waals surface area contributed by atoms with Crippen LogP contribution in [0.1, 0.15) is 10.6 Å². The molecule has 1 amide bonds. The van der Waals surface area contributed by atoms with Crippen LogP contribution in [0.15, 0.2) is 52.5 Å². The highest BCUT2D eigenvalue weighted by Crippen LogP contribution is 2.33. The van der Waals surface area contributed by atoms with Gasteiger partial charge in [0.15, 0.2) is 0 Å². The molecule has 7 nitrogen and oxygen atoms in total. The molecule has 0 spiro atoms. The van der Waals surface area contributed by atoms with Gasteiger partial charge in [0, 0.05) is 16.8 Å². The number of rotatable bonds is 6. The fourth-order valence-corrected chi connectivity index (χ4v) is 4.17. The van der Waals surface area contributed by atoms with Gasteiger partial charge in [0.2, 0.25) is 5.91 Å². The number of nitrogens with zero attached hydrogens (tertiary/aromatic N) is 3. The van der Waals surface area contributed by atoms with Gasteiger partial charge >= 0.3 is 0 Å². The summed E-state index contributed by atoms with van der Waals surface area (Å²) in [5.74, 6) is 0.342. The molecule has 0 saturated heterocycles. The first kappa shape index (κ1) is 17.3. The SMILES string of the molecule is C=CCn1c2cc(C)sc2c2cnn(CC(=O)NCc3ccco3)c(=O)c21. The van der Waals surface area contributed by atoms with Crippen molar-refractivity contribution in [2.45, 2.75) is 26.6 Å². The Morgan fingerprint density at radius 1 is 1.48 bits per heavy atom. The number of furan rings is 1. The maximum absolute atomic E-state index is 13.0. The molecule has 8 heteroatoms. The number of aryl methyl sites for hydroxylation is 1. The minimum atomic E-state index is -0.306. The van der Waals surface area contributed by atoms with Crippen LogP contribution in [-0.2, 0) is 24.4 Å². The summed E-state index contributed by atoms with van der Waals surface area (Å²) in [6.45, 7) is 6.46. The molecule has 0 bridgehead atoms. The number of fused-ring (bicyclic) bond motifs is 3. The Kier molecular flexibility index (Phi) is 4.41. The molecule has 4 heterocycles. The van der Waals surface area contributed by atoms with Crippen LogP contribution in [0.5, 0.6) is 0 Å². The summed E-state index contributed by atoms with van der Waals surface area (Å²) in [6.07, 6.45) is 4.96. The molecule has 0 aliphatic carbocycles. The first-order valence-corrected chi connectivity index (χ1v) is 9.28. The van der Waals surface area contributed by atoms with Crippen LogP contribution in [0, 0.1) is 6.92 Å². The average Bonchev–Trinajstić information content (AvgIpc) is 3.34. The number of allylic oxidation sites excluding steroid dienone is 1. The molecule has 1 N–H and O–H groups in total. The fraction of sp³-hybridized carbons (Fsp3) is 0.211. The Morgan fingerprint density at radius 3 is 3.07 bits per heavy atom. The molecule has 0 aliphatic rings. The van der Waals surface area contributed by atoms with Gasteiger partial charge in [-0.15, -0.1) is 17.9 Å². The summed E-state index contributed by atoms with van der Waals surface area (Å²) in [5, 5.41) is 7.74. The third-order valence-electron chi connectivity index (χ3n) is 4.30. The van der Waals surface area contributed by atoms with E-state index in [2.05, 4.69) is 23.1 Å². The predicted molar refractivity (Wildman–Crippen MR) is 105 cm³/mol. The lowest BCUT2D eigenvalue weighted by molar-refractivity contribution is -0.122. The molecule has 4 aromatic heterocycles. The normalized spacial score (nSPS) is 11.3. The first-order chi connectivity index (χ1) is 13.1. The minimum absolute atomic E-state index is 0.151. The van der Waals surface area contributed by atoms with E-state index in [-0.39, 0.29) is 24.6 Å². The summed E-state index contributed by atoms with van der Waals surface area (Å²) in [6, 6.07) is 5.58. The highest BCUT2D eigenvalue weighted by molar-refractivity contribution is 7.20. The number of hydrogen-bond donors (Lipinski definition) is 1. The van der Waals surface area contributed by atoms with Crippen molar-refractivity contribution in [3.05, 3.63) is 64.3 Å². The van der Waals surface area contributed by atoms with Crippen molar-refractivity contribution in [1.82, 2.24) is 19.7 Å². The molecule has 4 aromatic rings. The molecule has 0 fully saturated rings. The zero-order valence-corrected chi connectivity index (χ0v) is 15.6. The standard InChI is InChI=1S/C19H18N4O3S/c1-3-6-22-15-8-12(2)27-18(15)14-10-21-23(19(25)17(14)22)11-16(24)20-9-13-5-4-7-26-13/h3-5,7-8,10H,1,6,9,11H2,2H3,(H,20,24). The van der Waals surface area contributed by atoms with Crippen LogP contribution in [0.3, 0.4) is 0 Å². The van der Waals surface area contributed by atoms with Crippen LogP contribution < -0.4 is 10.9 Å². The third-order valence-corrected chi connectivity index (χ3v) is 5.38. The quantitative estimate of drug-likeness (QED) is 0.520. The molecule has 4 rings (SSSR count). The van der Waals surface area contributed by atoms with Crippen molar-refractivity contribution < 1.29 is 9.21 Å². The lowest BCUT2D eigenvalue weighted by Gasteiger charge is -2.07. The van der Waals surface area contributed by atoms with Gasteiger partial charge in [0.25, 0.3) is 5.56 Å². The Hall–Kier alpha value is -3.13. The van der Waals surface area contributed by atoms with Crippen LogP contribution in [0.4, 0.5) is 0 Å². The van der Waals surface area contributed by atoms with Crippen molar-refractivity contribution in [1.29, 1.82) is 0 Å². The lowest BCUT2D eigenvalue weighted by Crippen LogP contribution is -2.33. The van der Waals surface area contributed by atoms with Crippen molar-refractivity contribution in [3.8, 4) is 0 Å². The molecule has 0 saturated carbocycles. The Balaban J connectivity index is 1.69. The number of aromatic nitrogens is 3. The molecular weight excluding hydrogens is 364 g/mol. The molecule has 0 radical (unpaired) electrons. The lowest BCUT2D eigenvalue weighted by atomic mass is 10.3. The molecule has 0 aliphatic heterocycles. The fourth-order valence-electron chi connectivity index (χ4n) is 3.14. The monoisotopic (exact) mass is 382 g/mol. The zero-order valence-electron chi connectivity index (χ0n) is 14.8. The maximum Gasteiger partial charge on any atom is 0.291 e. The summed E-state index contributed by atoms with van der Waals surface area (Å²) < 4.78 is 9.34. The average molecular weight is 382 g/mol. The maximum atomic E-state index is 13.0. The second kappa shape index (κ2) is 6.88. The van der Waals surface area contributed by atoms with Crippen LogP contribution in [0.2, 0.25) is 0 Å². The summed E-state index contributed by atoms with van der Waals surface area (Å²) in [5.41, 5.74) is 1.25. The highest BCUT2D eigenvalue weighted by atomic mass is 32.1. The van der Waals surface area contributed by atoms with Crippen LogP contribution in [0.25, 0.3) is 21.1 Å². The van der Waals surface area contributed by atoms with E-state index >= 15 is 0 Å². The van der Waals surface area contributed by atoms with Gasteiger partial charge < -0.3 is 14.3 Å². The van der Waals surface area contributed by atoms with Gasteiger partial charge in [0.1, 0.15) is 17.8 Å². The van der Waals surface area contributed by atoms with Crippen molar-refractivity contribution in [2.24, 2.45) is 0 Å². The second-order valence-corrected chi connectivity index (χ2v) is 7.45. The van der Waals surface area contributed by atoms with E-state index in [0.29, 0.717) is 17.8 Å². The molecule has 0 aromatic carbocycles. The molecule has 0 atom stereocenters. The number of hydrogen-bond acceptors (Lipinski definition) is 5. The largest absolute Gasteiger partial charge is 0.467 e. The Bertz CT molecular complexity index is 1200. The zero-order chi connectivity index (χ0) is 19.0.